The minimum absolute atomic E-state index is 0.314. The molecule has 0 radical (unpaired) electrons. The summed E-state index contributed by atoms with van der Waals surface area (Å²) in [7, 11) is 0. The van der Waals surface area contributed by atoms with E-state index in [0.29, 0.717) is 12.1 Å². The predicted molar refractivity (Wildman–Crippen MR) is 62.1 cm³/mol. The van der Waals surface area contributed by atoms with Crippen molar-refractivity contribution in [3.05, 3.63) is 29.8 Å². The Hall–Kier alpha value is -1.02. The van der Waals surface area contributed by atoms with Gasteiger partial charge >= 0.3 is 0 Å². The van der Waals surface area contributed by atoms with Crippen LogP contribution in [0.5, 0.6) is 5.75 Å². The molecule has 0 aromatic heterocycles. The maximum atomic E-state index is 5.85. The van der Waals surface area contributed by atoms with Crippen molar-refractivity contribution >= 4 is 0 Å². The first-order valence-corrected chi connectivity index (χ1v) is 5.76. The highest BCUT2D eigenvalue weighted by atomic mass is 16.5. The lowest BCUT2D eigenvalue weighted by molar-refractivity contribution is 0.216. The summed E-state index contributed by atoms with van der Waals surface area (Å²) in [4.78, 5) is 0. The molecule has 1 aromatic rings. The van der Waals surface area contributed by atoms with Crippen LogP contribution in [0.15, 0.2) is 24.3 Å². The van der Waals surface area contributed by atoms with Gasteiger partial charge in [0, 0.05) is 12.5 Å². The molecule has 0 spiro atoms. The van der Waals surface area contributed by atoms with Crippen LogP contribution in [0.1, 0.15) is 31.7 Å². The number of hydrogen-bond donors (Lipinski definition) is 1. The number of benzene rings is 1. The van der Waals surface area contributed by atoms with Gasteiger partial charge in [-0.05, 0) is 37.8 Å². The van der Waals surface area contributed by atoms with Gasteiger partial charge in [0.05, 0.1) is 0 Å². The fourth-order valence-corrected chi connectivity index (χ4v) is 2.08. The molecule has 15 heavy (non-hydrogen) atoms. The average molecular weight is 205 g/mol. The monoisotopic (exact) mass is 205 g/mol. The van der Waals surface area contributed by atoms with Crippen molar-refractivity contribution in [3.63, 3.8) is 0 Å². The second-order valence-corrected chi connectivity index (χ2v) is 4.46. The van der Waals surface area contributed by atoms with Crippen LogP contribution >= 0.6 is 0 Å². The van der Waals surface area contributed by atoms with Crippen LogP contribution in [-0.2, 0) is 6.42 Å². The van der Waals surface area contributed by atoms with Crippen LogP contribution in [0.25, 0.3) is 0 Å². The van der Waals surface area contributed by atoms with E-state index in [-0.39, 0.29) is 0 Å². The number of hydrogen-bond acceptors (Lipinski definition) is 2. The van der Waals surface area contributed by atoms with E-state index >= 15 is 0 Å². The molecule has 1 heterocycles. The molecule has 2 nitrogen and oxygen atoms in total. The summed E-state index contributed by atoms with van der Waals surface area (Å²) >= 11 is 0. The van der Waals surface area contributed by atoms with Crippen LogP contribution in [0.2, 0.25) is 0 Å². The normalized spacial score (nSPS) is 20.8. The molecule has 0 bridgehead atoms. The molecule has 2 rings (SSSR count). The van der Waals surface area contributed by atoms with Crippen LogP contribution < -0.4 is 10.5 Å². The Labute approximate surface area is 91.4 Å². The highest BCUT2D eigenvalue weighted by Gasteiger charge is 2.21. The van der Waals surface area contributed by atoms with Gasteiger partial charge in [-0.2, -0.15) is 0 Å². The Balaban J connectivity index is 1.80. The van der Waals surface area contributed by atoms with Gasteiger partial charge in [-0.1, -0.05) is 18.2 Å². The third kappa shape index (κ3) is 2.72. The van der Waals surface area contributed by atoms with Gasteiger partial charge in [-0.3, -0.25) is 0 Å². The zero-order valence-electron chi connectivity index (χ0n) is 9.28. The summed E-state index contributed by atoms with van der Waals surface area (Å²) in [6, 6.07) is 8.63. The molecule has 2 atom stereocenters. The first-order valence-electron chi connectivity index (χ1n) is 5.76. The molecule has 0 fully saturated rings. The third-order valence-corrected chi connectivity index (χ3v) is 2.90. The minimum Gasteiger partial charge on any atom is -0.490 e. The maximum absolute atomic E-state index is 5.85. The van der Waals surface area contributed by atoms with Crippen molar-refractivity contribution in [2.45, 2.75) is 44.8 Å². The molecule has 2 unspecified atom stereocenters. The van der Waals surface area contributed by atoms with E-state index in [1.54, 1.807) is 0 Å². The zero-order chi connectivity index (χ0) is 10.7. The topological polar surface area (TPSA) is 35.2 Å². The van der Waals surface area contributed by atoms with E-state index < -0.39 is 0 Å². The molecule has 0 saturated heterocycles. The Morgan fingerprint density at radius 1 is 1.47 bits per heavy atom. The van der Waals surface area contributed by atoms with Crippen molar-refractivity contribution in [2.75, 3.05) is 0 Å². The Kier molecular flexibility index (Phi) is 3.27. The molecule has 1 aliphatic rings. The van der Waals surface area contributed by atoms with E-state index in [0.717, 1.165) is 31.4 Å². The van der Waals surface area contributed by atoms with Crippen molar-refractivity contribution in [1.29, 1.82) is 0 Å². The summed E-state index contributed by atoms with van der Waals surface area (Å²) in [5, 5.41) is 0. The summed E-state index contributed by atoms with van der Waals surface area (Å²) in [5.74, 6) is 1.07. The van der Waals surface area contributed by atoms with E-state index in [4.69, 9.17) is 10.5 Å². The SMILES string of the molecule is CC(N)CCCC1Cc2ccccc2O1. The molecule has 2 heteroatoms. The lowest BCUT2D eigenvalue weighted by atomic mass is 10.0. The lowest BCUT2D eigenvalue weighted by Gasteiger charge is -2.11. The van der Waals surface area contributed by atoms with E-state index in [1.165, 1.54) is 5.56 Å². The first kappa shape index (κ1) is 10.5. The number of ether oxygens (including phenoxy) is 1. The van der Waals surface area contributed by atoms with Gasteiger partial charge in [0.15, 0.2) is 0 Å². The number of nitrogens with two attached hydrogens (primary N) is 1. The molecule has 0 amide bonds. The van der Waals surface area contributed by atoms with Crippen molar-refractivity contribution < 1.29 is 4.74 Å². The van der Waals surface area contributed by atoms with Crippen LogP contribution in [-0.4, -0.2) is 12.1 Å². The maximum Gasteiger partial charge on any atom is 0.123 e. The lowest BCUT2D eigenvalue weighted by Crippen LogP contribution is -2.17. The highest BCUT2D eigenvalue weighted by molar-refractivity contribution is 5.37. The van der Waals surface area contributed by atoms with Crippen LogP contribution in [0, 0.1) is 0 Å². The molecule has 2 N–H and O–H groups in total. The Bertz CT molecular complexity index is 297. The molecule has 82 valence electrons. The standard InChI is InChI=1S/C13H19NO/c1-10(14)5-4-7-12-9-11-6-2-3-8-13(11)15-12/h2-3,6,8,10,12H,4-5,7,9,14H2,1H3. The number of rotatable bonds is 4. The second kappa shape index (κ2) is 4.67. The van der Waals surface area contributed by atoms with Crippen LogP contribution in [0.3, 0.4) is 0 Å². The van der Waals surface area contributed by atoms with E-state index in [2.05, 4.69) is 25.1 Å². The Morgan fingerprint density at radius 3 is 3.00 bits per heavy atom. The van der Waals surface area contributed by atoms with Gasteiger partial charge in [0.25, 0.3) is 0 Å². The Morgan fingerprint density at radius 2 is 2.27 bits per heavy atom. The predicted octanol–water partition coefficient (Wildman–Crippen LogP) is 2.51. The summed E-state index contributed by atoms with van der Waals surface area (Å²) in [6.07, 6.45) is 4.82. The van der Waals surface area contributed by atoms with Crippen molar-refractivity contribution in [1.82, 2.24) is 0 Å². The fourth-order valence-electron chi connectivity index (χ4n) is 2.08. The zero-order valence-corrected chi connectivity index (χ0v) is 9.28. The average Bonchev–Trinajstić information content (AvgIpc) is 2.59. The molecular formula is C13H19NO. The second-order valence-electron chi connectivity index (χ2n) is 4.46. The summed E-state index contributed by atoms with van der Waals surface area (Å²) in [5.41, 5.74) is 7.07. The fraction of sp³-hybridized carbons (Fsp3) is 0.538. The number of fused-ring (bicyclic) bond motifs is 1. The molecule has 0 aliphatic carbocycles. The molecular weight excluding hydrogens is 186 g/mol. The van der Waals surface area contributed by atoms with Gasteiger partial charge in [0.1, 0.15) is 11.9 Å². The molecule has 1 aromatic carbocycles. The minimum atomic E-state index is 0.314. The largest absolute Gasteiger partial charge is 0.490 e. The number of para-hydroxylation sites is 1. The van der Waals surface area contributed by atoms with Crippen LogP contribution in [0.4, 0.5) is 0 Å². The quantitative estimate of drug-likeness (QED) is 0.819. The smallest absolute Gasteiger partial charge is 0.123 e. The van der Waals surface area contributed by atoms with Crippen molar-refractivity contribution in [2.24, 2.45) is 5.73 Å². The van der Waals surface area contributed by atoms with E-state index in [9.17, 15) is 0 Å². The first-order chi connectivity index (χ1) is 7.25. The van der Waals surface area contributed by atoms with Gasteiger partial charge < -0.3 is 10.5 Å². The van der Waals surface area contributed by atoms with E-state index in [1.807, 2.05) is 6.07 Å². The highest BCUT2D eigenvalue weighted by Crippen LogP contribution is 2.30. The van der Waals surface area contributed by atoms with Gasteiger partial charge in [-0.25, -0.2) is 0 Å². The summed E-state index contributed by atoms with van der Waals surface area (Å²) in [6.45, 7) is 2.06. The van der Waals surface area contributed by atoms with Gasteiger partial charge in [-0.15, -0.1) is 0 Å². The van der Waals surface area contributed by atoms with Gasteiger partial charge in [0.2, 0.25) is 0 Å². The third-order valence-electron chi connectivity index (χ3n) is 2.90. The van der Waals surface area contributed by atoms with Crippen molar-refractivity contribution in [3.8, 4) is 5.75 Å². The molecule has 1 aliphatic heterocycles. The molecule has 0 saturated carbocycles. The summed E-state index contributed by atoms with van der Waals surface area (Å²) < 4.78 is 5.85.